The van der Waals surface area contributed by atoms with Gasteiger partial charge >= 0.3 is 0 Å². The molecule has 9 heteroatoms. The van der Waals surface area contributed by atoms with Crippen LogP contribution < -0.4 is 0 Å². The molecule has 130 valence electrons. The highest BCUT2D eigenvalue weighted by Crippen LogP contribution is 2.22. The molecule has 0 bridgehead atoms. The monoisotopic (exact) mass is 360 g/mol. The maximum absolute atomic E-state index is 11.6. The normalized spacial score (nSPS) is 28.3. The summed E-state index contributed by atoms with van der Waals surface area (Å²) in [6, 6.07) is 0. The second kappa shape index (κ2) is 6.62. The molecule has 0 N–H and O–H groups in total. The van der Waals surface area contributed by atoms with Crippen molar-refractivity contribution in [2.75, 3.05) is 31.2 Å². The maximum atomic E-state index is 11.6. The highest BCUT2D eigenvalue weighted by Gasteiger charge is 2.29. The van der Waals surface area contributed by atoms with Gasteiger partial charge in [-0.1, -0.05) is 0 Å². The van der Waals surface area contributed by atoms with Gasteiger partial charge in [-0.25, -0.2) is 13.1 Å². The summed E-state index contributed by atoms with van der Waals surface area (Å²) in [6.45, 7) is 5.20. The second-order valence-corrected chi connectivity index (χ2v) is 9.22. The zero-order valence-electron chi connectivity index (χ0n) is 13.6. The number of hydrogen-bond donors (Lipinski definition) is 0. The first kappa shape index (κ1) is 17.1. The van der Waals surface area contributed by atoms with E-state index < -0.39 is 9.84 Å². The zero-order valence-corrected chi connectivity index (χ0v) is 15.3. The van der Waals surface area contributed by atoms with Crippen LogP contribution in [0.4, 0.5) is 0 Å². The van der Waals surface area contributed by atoms with Crippen molar-refractivity contribution in [3.63, 3.8) is 0 Å². The zero-order chi connectivity index (χ0) is 16.6. The Bertz CT molecular complexity index is 725. The SMILES string of the molecule is C[C@@H]1CN(Cn2nc(C[C@H]3CCS(=O)(=O)C3)n(C)c2=S)CCO1. The standard InChI is InChI=1S/C14H24N4O3S2/c1-11-8-17(4-5-21-11)10-18-14(22)16(2)13(15-18)7-12-3-6-23(19,20)9-12/h11-12H,3-10H2,1-2H3/t11-,12-/m1/s1. The van der Waals surface area contributed by atoms with Gasteiger partial charge in [-0.2, -0.15) is 5.10 Å². The van der Waals surface area contributed by atoms with Crippen LogP contribution in [0, 0.1) is 10.7 Å². The van der Waals surface area contributed by atoms with Gasteiger partial charge in [0.05, 0.1) is 30.9 Å². The fourth-order valence-electron chi connectivity index (χ4n) is 3.30. The van der Waals surface area contributed by atoms with Crippen molar-refractivity contribution >= 4 is 22.1 Å². The number of sulfone groups is 1. The van der Waals surface area contributed by atoms with E-state index in [1.54, 1.807) is 0 Å². The van der Waals surface area contributed by atoms with E-state index in [0.717, 1.165) is 31.9 Å². The molecule has 0 amide bonds. The molecule has 3 rings (SSSR count). The first-order valence-electron chi connectivity index (χ1n) is 8.01. The molecule has 2 aliphatic rings. The molecule has 0 spiro atoms. The lowest BCUT2D eigenvalue weighted by atomic mass is 10.1. The van der Waals surface area contributed by atoms with Crippen LogP contribution >= 0.6 is 12.2 Å². The van der Waals surface area contributed by atoms with Crippen LogP contribution in [0.3, 0.4) is 0 Å². The summed E-state index contributed by atoms with van der Waals surface area (Å²) >= 11 is 5.49. The second-order valence-electron chi connectivity index (χ2n) is 6.63. The van der Waals surface area contributed by atoms with Crippen molar-refractivity contribution < 1.29 is 13.2 Å². The summed E-state index contributed by atoms with van der Waals surface area (Å²) in [5.41, 5.74) is 0. The van der Waals surface area contributed by atoms with Gasteiger partial charge in [0.1, 0.15) is 5.82 Å². The van der Waals surface area contributed by atoms with Gasteiger partial charge in [0, 0.05) is 26.6 Å². The van der Waals surface area contributed by atoms with Gasteiger partial charge in [-0.05, 0) is 31.5 Å². The fourth-order valence-corrected chi connectivity index (χ4v) is 5.37. The molecule has 0 aromatic carbocycles. The minimum atomic E-state index is -2.85. The highest BCUT2D eigenvalue weighted by molar-refractivity contribution is 7.91. The topological polar surface area (TPSA) is 69.4 Å². The van der Waals surface area contributed by atoms with Crippen molar-refractivity contribution in [2.24, 2.45) is 13.0 Å². The molecule has 7 nitrogen and oxygen atoms in total. The van der Waals surface area contributed by atoms with Gasteiger partial charge < -0.3 is 9.30 Å². The number of ether oxygens (including phenoxy) is 1. The predicted molar refractivity (Wildman–Crippen MR) is 89.5 cm³/mol. The minimum absolute atomic E-state index is 0.160. The molecule has 3 heterocycles. The Morgan fingerprint density at radius 3 is 2.87 bits per heavy atom. The van der Waals surface area contributed by atoms with Crippen LogP contribution in [-0.4, -0.2) is 65.0 Å². The Balaban J connectivity index is 1.70. The van der Waals surface area contributed by atoms with E-state index in [-0.39, 0.29) is 17.8 Å². The minimum Gasteiger partial charge on any atom is -0.376 e. The molecule has 2 saturated heterocycles. The van der Waals surface area contributed by atoms with Crippen LogP contribution in [0.5, 0.6) is 0 Å². The maximum Gasteiger partial charge on any atom is 0.198 e. The molecule has 1 aromatic heterocycles. The molecular formula is C14H24N4O3S2. The van der Waals surface area contributed by atoms with Gasteiger partial charge in [0.25, 0.3) is 0 Å². The molecule has 2 atom stereocenters. The lowest BCUT2D eigenvalue weighted by molar-refractivity contribution is -0.0307. The summed E-state index contributed by atoms with van der Waals surface area (Å²) in [5, 5.41) is 4.64. The van der Waals surface area contributed by atoms with E-state index in [0.29, 0.717) is 23.6 Å². The van der Waals surface area contributed by atoms with Crippen LogP contribution in [0.25, 0.3) is 0 Å². The quantitative estimate of drug-likeness (QED) is 0.733. The molecule has 0 unspecified atom stereocenters. The first-order valence-corrected chi connectivity index (χ1v) is 10.2. The van der Waals surface area contributed by atoms with E-state index in [4.69, 9.17) is 17.0 Å². The molecule has 2 aliphatic heterocycles. The lowest BCUT2D eigenvalue weighted by Gasteiger charge is -2.30. The largest absolute Gasteiger partial charge is 0.376 e. The molecular weight excluding hydrogens is 336 g/mol. The number of aromatic nitrogens is 3. The highest BCUT2D eigenvalue weighted by atomic mass is 32.2. The third kappa shape index (κ3) is 4.01. The van der Waals surface area contributed by atoms with Crippen molar-refractivity contribution in [1.29, 1.82) is 0 Å². The molecule has 1 aromatic rings. The van der Waals surface area contributed by atoms with Crippen molar-refractivity contribution in [3.8, 4) is 0 Å². The average molecular weight is 361 g/mol. The van der Waals surface area contributed by atoms with E-state index in [9.17, 15) is 8.42 Å². The van der Waals surface area contributed by atoms with Gasteiger partial charge in [-0.15, -0.1) is 0 Å². The summed E-state index contributed by atoms with van der Waals surface area (Å²) in [4.78, 5) is 2.28. The molecule has 0 aliphatic carbocycles. The van der Waals surface area contributed by atoms with E-state index in [1.165, 1.54) is 0 Å². The van der Waals surface area contributed by atoms with Gasteiger partial charge in [-0.3, -0.25) is 4.90 Å². The summed E-state index contributed by atoms with van der Waals surface area (Å²) in [5.74, 6) is 1.60. The van der Waals surface area contributed by atoms with E-state index >= 15 is 0 Å². The third-order valence-electron chi connectivity index (χ3n) is 4.59. The molecule has 2 fully saturated rings. The Morgan fingerprint density at radius 1 is 1.43 bits per heavy atom. The Morgan fingerprint density at radius 2 is 2.22 bits per heavy atom. The predicted octanol–water partition coefficient (Wildman–Crippen LogP) is 0.606. The summed E-state index contributed by atoms with van der Waals surface area (Å²) in [7, 11) is -0.943. The molecule has 23 heavy (non-hydrogen) atoms. The van der Waals surface area contributed by atoms with Gasteiger partial charge in [0.2, 0.25) is 0 Å². The van der Waals surface area contributed by atoms with E-state index in [1.807, 2.05) is 16.3 Å². The summed E-state index contributed by atoms with van der Waals surface area (Å²) in [6.07, 6.45) is 1.62. The van der Waals surface area contributed by atoms with Crippen LogP contribution in [0.15, 0.2) is 0 Å². The first-order chi connectivity index (χ1) is 10.8. The third-order valence-corrected chi connectivity index (χ3v) is 6.91. The number of nitrogens with zero attached hydrogens (tertiary/aromatic N) is 4. The van der Waals surface area contributed by atoms with Crippen LogP contribution in [-0.2, 0) is 34.7 Å². The van der Waals surface area contributed by atoms with Crippen molar-refractivity contribution in [3.05, 3.63) is 10.6 Å². The fraction of sp³-hybridized carbons (Fsp3) is 0.857. The molecule has 0 saturated carbocycles. The molecule has 0 radical (unpaired) electrons. The van der Waals surface area contributed by atoms with Crippen LogP contribution in [0.2, 0.25) is 0 Å². The van der Waals surface area contributed by atoms with Crippen molar-refractivity contribution in [1.82, 2.24) is 19.2 Å². The number of rotatable bonds is 4. The van der Waals surface area contributed by atoms with E-state index in [2.05, 4.69) is 16.9 Å². The van der Waals surface area contributed by atoms with Crippen molar-refractivity contribution in [2.45, 2.75) is 32.5 Å². The Labute approximate surface area is 142 Å². The van der Waals surface area contributed by atoms with Crippen LogP contribution in [0.1, 0.15) is 19.2 Å². The number of morpholine rings is 1. The lowest BCUT2D eigenvalue weighted by Crippen LogP contribution is -2.42. The van der Waals surface area contributed by atoms with Gasteiger partial charge in [0.15, 0.2) is 14.6 Å². The Kier molecular flexibility index (Phi) is 4.91. The smallest absolute Gasteiger partial charge is 0.198 e. The Hall–Kier alpha value is -0.770. The average Bonchev–Trinajstić information content (AvgIpc) is 2.94. The summed E-state index contributed by atoms with van der Waals surface area (Å²) < 4.78 is 33.2. The number of hydrogen-bond acceptors (Lipinski definition) is 6.